The molecule has 1 fully saturated rings. The van der Waals surface area contributed by atoms with Crippen LogP contribution in [0.5, 0.6) is 5.75 Å². The Kier molecular flexibility index (Phi) is 6.70. The topological polar surface area (TPSA) is 120 Å². The van der Waals surface area contributed by atoms with Gasteiger partial charge in [-0.15, -0.1) is 11.3 Å². The van der Waals surface area contributed by atoms with Crippen LogP contribution in [0.3, 0.4) is 0 Å². The average molecular weight is 568 g/mol. The molecule has 0 spiro atoms. The number of methoxy groups -OCH3 is 1. The fraction of sp³-hybridized carbons (Fsp3) is 0.357. The fourth-order valence-corrected chi connectivity index (χ4v) is 7.99. The molecule has 2 aliphatic rings. The average Bonchev–Trinajstić information content (AvgIpc) is 3.56. The van der Waals surface area contributed by atoms with E-state index in [1.807, 2.05) is 42.5 Å². The predicted octanol–water partition coefficient (Wildman–Crippen LogP) is 3.45. The lowest BCUT2D eigenvalue weighted by atomic mass is 9.73. The van der Waals surface area contributed by atoms with Crippen LogP contribution in [0.25, 0.3) is 21.3 Å². The van der Waals surface area contributed by atoms with Gasteiger partial charge in [-0.05, 0) is 54.5 Å². The number of fused-ring (bicyclic) bond motifs is 4. The summed E-state index contributed by atoms with van der Waals surface area (Å²) in [4.78, 5) is 27.2. The molecule has 9 nitrogen and oxygen atoms in total. The monoisotopic (exact) mass is 567 g/mol. The van der Waals surface area contributed by atoms with Crippen LogP contribution in [-0.4, -0.2) is 41.8 Å². The minimum Gasteiger partial charge on any atom is -0.496 e. The van der Waals surface area contributed by atoms with Crippen molar-refractivity contribution in [2.24, 2.45) is 5.92 Å². The van der Waals surface area contributed by atoms with Gasteiger partial charge in [-0.25, -0.2) is 4.79 Å². The van der Waals surface area contributed by atoms with Crippen molar-refractivity contribution >= 4 is 31.7 Å². The lowest BCUT2D eigenvalue weighted by Gasteiger charge is -2.32. The van der Waals surface area contributed by atoms with Gasteiger partial charge in [0.25, 0.3) is 15.7 Å². The van der Waals surface area contributed by atoms with Gasteiger partial charge in [-0.2, -0.15) is 8.42 Å². The molecule has 1 aliphatic heterocycles. The zero-order valence-electron chi connectivity index (χ0n) is 21.4. The molecule has 0 radical (unpaired) electrons. The van der Waals surface area contributed by atoms with Crippen LogP contribution in [0.2, 0.25) is 0 Å². The van der Waals surface area contributed by atoms with E-state index in [4.69, 9.17) is 4.74 Å². The molecule has 0 amide bonds. The molecule has 1 unspecified atom stereocenters. The molecule has 2 aromatic carbocycles. The first-order valence-electron chi connectivity index (χ1n) is 12.9. The molecule has 1 aliphatic carbocycles. The van der Waals surface area contributed by atoms with E-state index < -0.39 is 27.2 Å². The van der Waals surface area contributed by atoms with Gasteiger partial charge in [0.05, 0.1) is 12.6 Å². The highest BCUT2D eigenvalue weighted by molar-refractivity contribution is 7.84. The summed E-state index contributed by atoms with van der Waals surface area (Å²) in [6.45, 7) is 0.982. The molecule has 0 saturated carbocycles. The van der Waals surface area contributed by atoms with E-state index in [1.165, 1.54) is 22.5 Å². The molecule has 4 aromatic rings. The molecule has 0 bridgehead atoms. The van der Waals surface area contributed by atoms with Crippen molar-refractivity contribution in [3.05, 3.63) is 85.9 Å². The number of thiophene rings is 1. The summed E-state index contributed by atoms with van der Waals surface area (Å²) in [5.74, 6) is 0.641. The Morgan fingerprint density at radius 3 is 2.64 bits per heavy atom. The van der Waals surface area contributed by atoms with Crippen LogP contribution >= 0.6 is 11.3 Å². The maximum atomic E-state index is 13.7. The molecular formula is C28H29N3O6S2. The van der Waals surface area contributed by atoms with Gasteiger partial charge in [0.2, 0.25) is 0 Å². The standard InChI is InChI=1S/C28H29N3O6S2/c1-37-23-9-5-8-20-19(23)11-10-18-14-29-22(24(18)20)12-13-30-27(32)26-25(31(28(30)33)16-39(34,35)36)21(15-38-26)17-6-3-2-4-7-17/h2-9,15,18,22,24,29H,10-14,16H2,1H3,(H,34,35,36)/t18-,22?,24+/m0/s1. The number of rotatable bonds is 7. The predicted molar refractivity (Wildman–Crippen MR) is 151 cm³/mol. The molecular weight excluding hydrogens is 538 g/mol. The second kappa shape index (κ2) is 10.1. The number of ether oxygens (including phenoxy) is 1. The third kappa shape index (κ3) is 4.63. The Hall–Kier alpha value is -3.25. The van der Waals surface area contributed by atoms with E-state index >= 15 is 0 Å². The highest BCUT2D eigenvalue weighted by atomic mass is 32.2. The van der Waals surface area contributed by atoms with Crippen molar-refractivity contribution in [3.63, 3.8) is 0 Å². The minimum atomic E-state index is -4.56. The van der Waals surface area contributed by atoms with Crippen molar-refractivity contribution in [2.75, 3.05) is 13.7 Å². The Labute approximate surface area is 229 Å². The summed E-state index contributed by atoms with van der Waals surface area (Å²) in [7, 11) is -2.88. The number of nitrogens with zero attached hydrogens (tertiary/aromatic N) is 2. The smallest absolute Gasteiger partial charge is 0.332 e. The first kappa shape index (κ1) is 26.0. The Bertz CT molecular complexity index is 1770. The quantitative estimate of drug-likeness (QED) is 0.328. The Morgan fingerprint density at radius 1 is 1.10 bits per heavy atom. The van der Waals surface area contributed by atoms with Gasteiger partial charge in [-0.1, -0.05) is 42.5 Å². The van der Waals surface area contributed by atoms with E-state index in [9.17, 15) is 22.6 Å². The van der Waals surface area contributed by atoms with Crippen molar-refractivity contribution in [1.82, 2.24) is 14.5 Å². The van der Waals surface area contributed by atoms with E-state index in [0.717, 1.165) is 39.8 Å². The summed E-state index contributed by atoms with van der Waals surface area (Å²) in [6.07, 6.45) is 2.50. The molecule has 6 rings (SSSR count). The minimum absolute atomic E-state index is 0.0430. The summed E-state index contributed by atoms with van der Waals surface area (Å²) >= 11 is 1.17. The maximum Gasteiger partial charge on any atom is 0.332 e. The van der Waals surface area contributed by atoms with Crippen LogP contribution in [0.1, 0.15) is 29.9 Å². The highest BCUT2D eigenvalue weighted by Gasteiger charge is 2.40. The second-order valence-electron chi connectivity index (χ2n) is 10.2. The first-order valence-corrected chi connectivity index (χ1v) is 15.4. The zero-order chi connectivity index (χ0) is 27.3. The Morgan fingerprint density at radius 2 is 1.90 bits per heavy atom. The summed E-state index contributed by atoms with van der Waals surface area (Å²) in [5.41, 5.74) is 2.82. The fourth-order valence-electron chi connectivity index (χ4n) is 6.40. The van der Waals surface area contributed by atoms with E-state index in [1.54, 1.807) is 12.5 Å². The molecule has 204 valence electrons. The van der Waals surface area contributed by atoms with Gasteiger partial charge in [-0.3, -0.25) is 18.5 Å². The Balaban J connectivity index is 1.39. The van der Waals surface area contributed by atoms with Crippen LogP contribution < -0.4 is 21.3 Å². The zero-order valence-corrected chi connectivity index (χ0v) is 23.0. The van der Waals surface area contributed by atoms with Crippen molar-refractivity contribution < 1.29 is 17.7 Å². The number of nitrogens with one attached hydrogen (secondary N) is 1. The van der Waals surface area contributed by atoms with Crippen molar-refractivity contribution in [2.45, 2.75) is 43.6 Å². The number of aromatic nitrogens is 2. The summed E-state index contributed by atoms with van der Waals surface area (Å²) in [6, 6.07) is 15.3. The van der Waals surface area contributed by atoms with Crippen LogP contribution in [-0.2, 0) is 29.0 Å². The molecule has 2 aromatic heterocycles. The number of benzene rings is 2. The van der Waals surface area contributed by atoms with Crippen molar-refractivity contribution in [3.8, 4) is 16.9 Å². The van der Waals surface area contributed by atoms with E-state index in [-0.39, 0.29) is 28.7 Å². The van der Waals surface area contributed by atoms with Crippen LogP contribution in [0.4, 0.5) is 0 Å². The van der Waals surface area contributed by atoms with Gasteiger partial charge >= 0.3 is 5.69 Å². The molecule has 3 heterocycles. The number of hydrogen-bond acceptors (Lipinski definition) is 7. The molecule has 2 N–H and O–H groups in total. The van der Waals surface area contributed by atoms with Gasteiger partial charge < -0.3 is 10.1 Å². The lowest BCUT2D eigenvalue weighted by molar-refractivity contribution is 0.370. The maximum absolute atomic E-state index is 13.7. The largest absolute Gasteiger partial charge is 0.496 e. The van der Waals surface area contributed by atoms with E-state index in [0.29, 0.717) is 17.9 Å². The lowest BCUT2D eigenvalue weighted by Crippen LogP contribution is -2.42. The summed E-state index contributed by atoms with van der Waals surface area (Å²) in [5, 5.41) is 5.35. The summed E-state index contributed by atoms with van der Waals surface area (Å²) < 4.78 is 41.6. The normalized spacial score (nSPS) is 20.6. The van der Waals surface area contributed by atoms with Crippen LogP contribution in [0, 0.1) is 5.92 Å². The molecule has 1 saturated heterocycles. The van der Waals surface area contributed by atoms with Gasteiger partial charge in [0.1, 0.15) is 10.4 Å². The van der Waals surface area contributed by atoms with Gasteiger partial charge in [0, 0.05) is 29.4 Å². The molecule has 39 heavy (non-hydrogen) atoms. The second-order valence-corrected chi connectivity index (χ2v) is 12.5. The molecule has 3 atom stereocenters. The third-order valence-corrected chi connectivity index (χ3v) is 9.62. The van der Waals surface area contributed by atoms with Crippen molar-refractivity contribution in [1.29, 1.82) is 0 Å². The SMILES string of the molecule is COc1cccc2c1CC[C@H]1CNC(CCn3c(=O)c4scc(-c5ccccc5)c4n(CS(=O)(=O)O)c3=O)[C@@H]21. The highest BCUT2D eigenvalue weighted by Crippen LogP contribution is 2.45. The number of hydrogen-bond donors (Lipinski definition) is 2. The first-order chi connectivity index (χ1) is 18.8. The van der Waals surface area contributed by atoms with E-state index in [2.05, 4.69) is 11.4 Å². The van der Waals surface area contributed by atoms with Crippen LogP contribution in [0.15, 0.2) is 63.5 Å². The van der Waals surface area contributed by atoms with Gasteiger partial charge in [0.15, 0.2) is 5.88 Å². The molecule has 11 heteroatoms. The third-order valence-electron chi connectivity index (χ3n) is 8.07.